The molecule has 0 fully saturated rings. The van der Waals surface area contributed by atoms with Crippen LogP contribution in [-0.2, 0) is 0 Å². The quantitative estimate of drug-likeness (QED) is 0.531. The molecular weight excluding hydrogens is 361 g/mol. The first-order chi connectivity index (χ1) is 12.0. The average molecular weight is 374 g/mol. The van der Waals surface area contributed by atoms with Gasteiger partial charge < -0.3 is 4.42 Å². The third-order valence-electron chi connectivity index (χ3n) is 3.35. The molecule has 0 aliphatic carbocycles. The number of aryl methyl sites for hydroxylation is 1. The van der Waals surface area contributed by atoms with Crippen molar-refractivity contribution in [3.05, 3.63) is 75.7 Å². The maximum Gasteiger partial charge on any atom is 0.272 e. The van der Waals surface area contributed by atoms with E-state index in [1.807, 2.05) is 6.92 Å². The number of pyridine rings is 1. The average Bonchev–Trinajstić information content (AvgIpc) is 3.06. The maximum absolute atomic E-state index is 11.9. The zero-order valence-corrected chi connectivity index (χ0v) is 14.7. The number of hydrogen-bond acceptors (Lipinski definition) is 4. The molecule has 0 atom stereocenters. The van der Waals surface area contributed by atoms with Gasteiger partial charge in [-0.15, -0.1) is 0 Å². The van der Waals surface area contributed by atoms with Crippen LogP contribution in [0.5, 0.6) is 0 Å². The fourth-order valence-corrected chi connectivity index (χ4v) is 2.46. The van der Waals surface area contributed by atoms with Gasteiger partial charge in [-0.05, 0) is 49.4 Å². The molecule has 126 valence electrons. The maximum atomic E-state index is 11.9. The molecule has 0 saturated carbocycles. The van der Waals surface area contributed by atoms with Crippen molar-refractivity contribution >= 4 is 35.3 Å². The first-order valence-corrected chi connectivity index (χ1v) is 8.10. The topological polar surface area (TPSA) is 67.5 Å². The van der Waals surface area contributed by atoms with Crippen LogP contribution in [0, 0.1) is 6.92 Å². The highest BCUT2D eigenvalue weighted by atomic mass is 35.5. The van der Waals surface area contributed by atoms with Crippen LogP contribution < -0.4 is 5.43 Å². The molecule has 5 nitrogen and oxygen atoms in total. The SMILES string of the molecule is Cc1ccc(C(=O)N/N=C\c2ccc(-c3cc(Cl)ccc3Cl)o2)cn1. The summed E-state index contributed by atoms with van der Waals surface area (Å²) in [6.07, 6.45) is 2.90. The number of carbonyl (C=O) groups excluding carboxylic acids is 1. The van der Waals surface area contributed by atoms with Gasteiger partial charge in [0.15, 0.2) is 0 Å². The van der Waals surface area contributed by atoms with Crippen molar-refractivity contribution in [2.75, 3.05) is 0 Å². The Morgan fingerprint density at radius 1 is 1.20 bits per heavy atom. The summed E-state index contributed by atoms with van der Waals surface area (Å²) in [7, 11) is 0. The lowest BCUT2D eigenvalue weighted by Gasteiger charge is -2.01. The molecular formula is C18H13Cl2N3O2. The van der Waals surface area contributed by atoms with E-state index in [2.05, 4.69) is 15.5 Å². The first kappa shape index (κ1) is 17.2. The fraction of sp³-hybridized carbons (Fsp3) is 0.0556. The summed E-state index contributed by atoms with van der Waals surface area (Å²) in [6.45, 7) is 1.85. The summed E-state index contributed by atoms with van der Waals surface area (Å²) >= 11 is 12.1. The van der Waals surface area contributed by atoms with Crippen molar-refractivity contribution in [3.63, 3.8) is 0 Å². The van der Waals surface area contributed by atoms with Gasteiger partial charge in [0.25, 0.3) is 5.91 Å². The van der Waals surface area contributed by atoms with Crippen molar-refractivity contribution < 1.29 is 9.21 Å². The van der Waals surface area contributed by atoms with Crippen LogP contribution in [0.4, 0.5) is 0 Å². The third kappa shape index (κ3) is 4.26. The summed E-state index contributed by atoms with van der Waals surface area (Å²) in [4.78, 5) is 16.0. The molecule has 1 aromatic carbocycles. The molecule has 0 aliphatic rings. The molecule has 3 rings (SSSR count). The van der Waals surface area contributed by atoms with Crippen LogP contribution in [-0.4, -0.2) is 17.1 Å². The Morgan fingerprint density at radius 2 is 2.04 bits per heavy atom. The van der Waals surface area contributed by atoms with Crippen LogP contribution in [0.25, 0.3) is 11.3 Å². The van der Waals surface area contributed by atoms with Gasteiger partial charge in [-0.25, -0.2) is 5.43 Å². The van der Waals surface area contributed by atoms with Crippen LogP contribution in [0.3, 0.4) is 0 Å². The van der Waals surface area contributed by atoms with E-state index in [1.54, 1.807) is 42.5 Å². The number of halogens is 2. The van der Waals surface area contributed by atoms with E-state index in [0.717, 1.165) is 5.69 Å². The number of amides is 1. The van der Waals surface area contributed by atoms with E-state index in [-0.39, 0.29) is 5.91 Å². The second-order valence-electron chi connectivity index (χ2n) is 5.21. The van der Waals surface area contributed by atoms with Gasteiger partial charge >= 0.3 is 0 Å². The molecule has 0 spiro atoms. The second-order valence-corrected chi connectivity index (χ2v) is 6.06. The van der Waals surface area contributed by atoms with E-state index in [1.165, 1.54) is 12.4 Å². The predicted molar refractivity (Wildman–Crippen MR) is 98.2 cm³/mol. The summed E-state index contributed by atoms with van der Waals surface area (Å²) in [5, 5.41) is 4.97. The Kier molecular flexibility index (Phi) is 5.16. The Hall–Kier alpha value is -2.63. The largest absolute Gasteiger partial charge is 0.455 e. The minimum Gasteiger partial charge on any atom is -0.455 e. The lowest BCUT2D eigenvalue weighted by Crippen LogP contribution is -2.17. The van der Waals surface area contributed by atoms with Crippen molar-refractivity contribution in [1.29, 1.82) is 0 Å². The highest BCUT2D eigenvalue weighted by Crippen LogP contribution is 2.31. The Bertz CT molecular complexity index is 934. The molecule has 0 unspecified atom stereocenters. The number of nitrogens with one attached hydrogen (secondary N) is 1. The Labute approximate surface area is 154 Å². The number of furan rings is 1. The first-order valence-electron chi connectivity index (χ1n) is 7.34. The zero-order chi connectivity index (χ0) is 17.8. The number of carbonyl (C=O) groups is 1. The molecule has 7 heteroatoms. The summed E-state index contributed by atoms with van der Waals surface area (Å²) in [6, 6.07) is 12.0. The Morgan fingerprint density at radius 3 is 2.80 bits per heavy atom. The minimum absolute atomic E-state index is 0.353. The van der Waals surface area contributed by atoms with Gasteiger partial charge in [-0.2, -0.15) is 5.10 Å². The lowest BCUT2D eigenvalue weighted by atomic mass is 10.2. The number of aromatic nitrogens is 1. The van der Waals surface area contributed by atoms with Gasteiger partial charge in [-0.1, -0.05) is 23.2 Å². The molecule has 0 radical (unpaired) electrons. The summed E-state index contributed by atoms with van der Waals surface area (Å²) in [5.74, 6) is 0.671. The van der Waals surface area contributed by atoms with Crippen LogP contribution >= 0.6 is 23.2 Å². The summed E-state index contributed by atoms with van der Waals surface area (Å²) in [5.41, 5.74) is 4.36. The van der Waals surface area contributed by atoms with E-state index in [9.17, 15) is 4.79 Å². The molecule has 1 amide bonds. The van der Waals surface area contributed by atoms with Crippen LogP contribution in [0.15, 0.2) is 58.2 Å². The number of hydrazone groups is 1. The van der Waals surface area contributed by atoms with Crippen LogP contribution in [0.2, 0.25) is 10.0 Å². The normalized spacial score (nSPS) is 11.0. The number of benzene rings is 1. The molecule has 2 aromatic heterocycles. The number of nitrogens with zero attached hydrogens (tertiary/aromatic N) is 2. The third-order valence-corrected chi connectivity index (χ3v) is 3.92. The van der Waals surface area contributed by atoms with E-state index in [4.69, 9.17) is 27.6 Å². The predicted octanol–water partition coefficient (Wildman–Crippen LogP) is 4.72. The van der Waals surface area contributed by atoms with Gasteiger partial charge in [0.2, 0.25) is 0 Å². The van der Waals surface area contributed by atoms with Crippen LogP contribution in [0.1, 0.15) is 21.8 Å². The standard InChI is InChI=1S/C18H13Cl2N3O2/c1-11-2-3-12(9-21-11)18(24)23-22-10-14-5-7-17(25-14)15-8-13(19)4-6-16(15)20/h2-10H,1H3,(H,23,24)/b22-10-. The summed E-state index contributed by atoms with van der Waals surface area (Å²) < 4.78 is 5.65. The highest BCUT2D eigenvalue weighted by Gasteiger charge is 2.09. The van der Waals surface area contributed by atoms with Gasteiger partial charge in [0.1, 0.15) is 11.5 Å². The molecule has 2 heterocycles. The molecule has 3 aromatic rings. The van der Waals surface area contributed by atoms with Crippen molar-refractivity contribution in [3.8, 4) is 11.3 Å². The molecule has 0 bridgehead atoms. The van der Waals surface area contributed by atoms with Crippen molar-refractivity contribution in [2.24, 2.45) is 5.10 Å². The molecule has 1 N–H and O–H groups in total. The highest BCUT2D eigenvalue weighted by molar-refractivity contribution is 6.35. The lowest BCUT2D eigenvalue weighted by molar-refractivity contribution is 0.0954. The number of hydrogen-bond donors (Lipinski definition) is 1. The zero-order valence-electron chi connectivity index (χ0n) is 13.2. The van der Waals surface area contributed by atoms with E-state index >= 15 is 0 Å². The molecule has 0 saturated heterocycles. The Balaban J connectivity index is 1.69. The van der Waals surface area contributed by atoms with Gasteiger partial charge in [0, 0.05) is 22.5 Å². The monoisotopic (exact) mass is 373 g/mol. The van der Waals surface area contributed by atoms with Gasteiger partial charge in [0.05, 0.1) is 16.8 Å². The van der Waals surface area contributed by atoms with E-state index < -0.39 is 0 Å². The minimum atomic E-state index is -0.353. The second kappa shape index (κ2) is 7.51. The molecule has 25 heavy (non-hydrogen) atoms. The smallest absolute Gasteiger partial charge is 0.272 e. The number of rotatable bonds is 4. The van der Waals surface area contributed by atoms with E-state index in [0.29, 0.717) is 32.7 Å². The van der Waals surface area contributed by atoms with Gasteiger partial charge in [-0.3, -0.25) is 9.78 Å². The fourth-order valence-electron chi connectivity index (χ4n) is 2.07. The van der Waals surface area contributed by atoms with Crippen molar-refractivity contribution in [1.82, 2.24) is 10.4 Å². The molecule has 0 aliphatic heterocycles. The van der Waals surface area contributed by atoms with Crippen molar-refractivity contribution in [2.45, 2.75) is 6.92 Å².